The number of carboxylic acids is 1. The van der Waals surface area contributed by atoms with Crippen LogP contribution in [0.1, 0.15) is 45.6 Å². The lowest BCUT2D eigenvalue weighted by Crippen LogP contribution is -2.56. The van der Waals surface area contributed by atoms with Gasteiger partial charge in [-0.2, -0.15) is 0 Å². The Morgan fingerprint density at radius 3 is 2.22 bits per heavy atom. The van der Waals surface area contributed by atoms with Crippen LogP contribution in [0.2, 0.25) is 0 Å². The number of carbonyl (C=O) groups excluding carboxylic acids is 4. The second kappa shape index (κ2) is 13.4. The highest BCUT2D eigenvalue weighted by Gasteiger charge is 2.29. The van der Waals surface area contributed by atoms with Gasteiger partial charge in [-0.3, -0.25) is 19.2 Å². The summed E-state index contributed by atoms with van der Waals surface area (Å²) >= 11 is 0. The highest BCUT2D eigenvalue weighted by molar-refractivity contribution is 5.94. The molecule has 0 aliphatic rings. The first-order chi connectivity index (χ1) is 17.4. The SMILES string of the molecule is CC(C)CC(NC(=O)C(C)NC(=O)C(CCC(N)=O)NC(=O)C(N)Cc1c[nH]c2ccccc12)C(=O)O. The summed E-state index contributed by atoms with van der Waals surface area (Å²) in [5, 5.41) is 17.7. The monoisotopic (exact) mass is 516 g/mol. The summed E-state index contributed by atoms with van der Waals surface area (Å²) in [7, 11) is 0. The summed E-state index contributed by atoms with van der Waals surface area (Å²) in [6.45, 7) is 5.03. The summed E-state index contributed by atoms with van der Waals surface area (Å²) < 4.78 is 0. The molecule has 2 rings (SSSR count). The van der Waals surface area contributed by atoms with E-state index in [-0.39, 0.29) is 31.6 Å². The van der Waals surface area contributed by atoms with Gasteiger partial charge in [-0.25, -0.2) is 4.79 Å². The van der Waals surface area contributed by atoms with Gasteiger partial charge in [0, 0.05) is 23.5 Å². The Morgan fingerprint density at radius 2 is 1.59 bits per heavy atom. The first kappa shape index (κ1) is 29.3. The highest BCUT2D eigenvalue weighted by Crippen LogP contribution is 2.18. The van der Waals surface area contributed by atoms with Crippen molar-refractivity contribution < 1.29 is 29.1 Å². The molecule has 37 heavy (non-hydrogen) atoms. The Labute approximate surface area is 214 Å². The maximum atomic E-state index is 12.9. The Hall–Kier alpha value is -3.93. The second-order valence-electron chi connectivity index (χ2n) is 9.50. The van der Waals surface area contributed by atoms with Gasteiger partial charge in [-0.1, -0.05) is 32.0 Å². The Balaban J connectivity index is 2.04. The third-order valence-corrected chi connectivity index (χ3v) is 5.84. The van der Waals surface area contributed by atoms with Crippen LogP contribution >= 0.6 is 0 Å². The molecule has 12 nitrogen and oxygen atoms in total. The van der Waals surface area contributed by atoms with E-state index in [1.165, 1.54) is 6.92 Å². The van der Waals surface area contributed by atoms with Crippen LogP contribution in [0.15, 0.2) is 30.5 Å². The van der Waals surface area contributed by atoms with Crippen LogP contribution in [0.25, 0.3) is 10.9 Å². The largest absolute Gasteiger partial charge is 0.480 e. The van der Waals surface area contributed by atoms with E-state index in [1.54, 1.807) is 6.20 Å². The van der Waals surface area contributed by atoms with Crippen LogP contribution in [0.3, 0.4) is 0 Å². The van der Waals surface area contributed by atoms with Crippen LogP contribution in [-0.4, -0.2) is 63.9 Å². The van der Waals surface area contributed by atoms with Gasteiger partial charge in [0.2, 0.25) is 23.6 Å². The molecule has 0 spiro atoms. The Morgan fingerprint density at radius 1 is 0.946 bits per heavy atom. The number of rotatable bonds is 14. The molecule has 4 atom stereocenters. The van der Waals surface area contributed by atoms with E-state index in [0.717, 1.165) is 16.5 Å². The van der Waals surface area contributed by atoms with Gasteiger partial charge in [-0.05, 0) is 43.7 Å². The molecule has 0 saturated carbocycles. The van der Waals surface area contributed by atoms with Crippen molar-refractivity contribution in [1.82, 2.24) is 20.9 Å². The molecule has 12 heteroatoms. The van der Waals surface area contributed by atoms with Crippen LogP contribution in [0.4, 0.5) is 0 Å². The number of hydrogen-bond acceptors (Lipinski definition) is 6. The minimum absolute atomic E-state index is 0.0214. The molecule has 1 heterocycles. The molecular weight excluding hydrogens is 480 g/mol. The van der Waals surface area contributed by atoms with E-state index in [9.17, 15) is 29.1 Å². The molecule has 0 bridgehead atoms. The minimum atomic E-state index is -1.18. The lowest BCUT2D eigenvalue weighted by Gasteiger charge is -2.23. The topological polar surface area (TPSA) is 209 Å². The molecule has 0 radical (unpaired) electrons. The van der Waals surface area contributed by atoms with Crippen molar-refractivity contribution in [3.8, 4) is 0 Å². The standard InChI is InChI=1S/C25H36N6O6/c1-13(2)10-20(25(36)37)31-22(33)14(3)29-24(35)19(8-9-21(27)32)30-23(34)17(26)11-15-12-28-18-7-5-4-6-16(15)18/h4-7,12-14,17,19-20,28H,8-11,26H2,1-3H3,(H2,27,32)(H,29,35)(H,30,34)(H,31,33)(H,36,37). The zero-order valence-electron chi connectivity index (χ0n) is 21.2. The normalized spacial score (nSPS) is 14.4. The third kappa shape index (κ3) is 8.90. The van der Waals surface area contributed by atoms with Gasteiger partial charge in [0.15, 0.2) is 0 Å². The molecule has 9 N–H and O–H groups in total. The maximum absolute atomic E-state index is 12.9. The first-order valence-electron chi connectivity index (χ1n) is 12.1. The van der Waals surface area contributed by atoms with Crippen molar-refractivity contribution >= 4 is 40.5 Å². The van der Waals surface area contributed by atoms with E-state index < -0.39 is 53.8 Å². The lowest BCUT2D eigenvalue weighted by molar-refractivity contribution is -0.142. The number of para-hydroxylation sites is 1. The summed E-state index contributed by atoms with van der Waals surface area (Å²) in [4.78, 5) is 64.1. The van der Waals surface area contributed by atoms with Gasteiger partial charge in [0.25, 0.3) is 0 Å². The third-order valence-electron chi connectivity index (χ3n) is 5.84. The molecule has 1 aromatic heterocycles. The minimum Gasteiger partial charge on any atom is -0.480 e. The van der Waals surface area contributed by atoms with Crippen molar-refractivity contribution in [2.75, 3.05) is 0 Å². The number of amides is 4. The van der Waals surface area contributed by atoms with E-state index in [0.29, 0.717) is 0 Å². The number of hydrogen-bond donors (Lipinski definition) is 7. The molecular formula is C25H36N6O6. The van der Waals surface area contributed by atoms with Gasteiger partial charge in [0.05, 0.1) is 6.04 Å². The van der Waals surface area contributed by atoms with E-state index in [4.69, 9.17) is 11.5 Å². The molecule has 4 amide bonds. The fourth-order valence-electron chi connectivity index (χ4n) is 3.83. The smallest absolute Gasteiger partial charge is 0.326 e. The van der Waals surface area contributed by atoms with Crippen molar-refractivity contribution in [2.24, 2.45) is 17.4 Å². The van der Waals surface area contributed by atoms with Crippen LogP contribution in [0.5, 0.6) is 0 Å². The Bertz CT molecular complexity index is 1130. The summed E-state index contributed by atoms with van der Waals surface area (Å²) in [5.41, 5.74) is 13.1. The lowest BCUT2D eigenvalue weighted by atomic mass is 10.0. The van der Waals surface area contributed by atoms with Crippen molar-refractivity contribution in [2.45, 2.75) is 70.6 Å². The molecule has 0 saturated heterocycles. The van der Waals surface area contributed by atoms with Crippen molar-refractivity contribution in [3.63, 3.8) is 0 Å². The number of H-pyrrole nitrogens is 1. The quantitative estimate of drug-likeness (QED) is 0.181. The number of aromatic nitrogens is 1. The predicted molar refractivity (Wildman–Crippen MR) is 137 cm³/mol. The molecule has 0 fully saturated rings. The number of primary amides is 1. The zero-order valence-corrected chi connectivity index (χ0v) is 21.2. The van der Waals surface area contributed by atoms with E-state index in [1.807, 2.05) is 38.1 Å². The molecule has 4 unspecified atom stereocenters. The Kier molecular flexibility index (Phi) is 10.6. The molecule has 1 aromatic carbocycles. The van der Waals surface area contributed by atoms with E-state index >= 15 is 0 Å². The van der Waals surface area contributed by atoms with Gasteiger partial charge < -0.3 is 37.5 Å². The van der Waals surface area contributed by atoms with Crippen molar-refractivity contribution in [3.05, 3.63) is 36.0 Å². The number of benzene rings is 1. The average molecular weight is 517 g/mol. The number of nitrogens with one attached hydrogen (secondary N) is 4. The molecule has 0 aliphatic heterocycles. The summed E-state index contributed by atoms with van der Waals surface area (Å²) in [6, 6.07) is 3.16. The number of aliphatic carboxylic acids is 1. The summed E-state index contributed by atoms with van der Waals surface area (Å²) in [6.07, 6.45) is 1.88. The zero-order chi connectivity index (χ0) is 27.7. The maximum Gasteiger partial charge on any atom is 0.326 e. The molecule has 202 valence electrons. The van der Waals surface area contributed by atoms with Gasteiger partial charge >= 0.3 is 5.97 Å². The van der Waals surface area contributed by atoms with Gasteiger partial charge in [-0.15, -0.1) is 0 Å². The number of carbonyl (C=O) groups is 5. The first-order valence-corrected chi connectivity index (χ1v) is 12.1. The number of fused-ring (bicyclic) bond motifs is 1. The van der Waals surface area contributed by atoms with Crippen molar-refractivity contribution in [1.29, 1.82) is 0 Å². The highest BCUT2D eigenvalue weighted by atomic mass is 16.4. The van der Waals surface area contributed by atoms with Gasteiger partial charge in [0.1, 0.15) is 18.1 Å². The number of carboxylic acid groups (broad SMARTS) is 1. The molecule has 2 aromatic rings. The average Bonchev–Trinajstić information content (AvgIpc) is 3.23. The van der Waals surface area contributed by atoms with E-state index in [2.05, 4.69) is 20.9 Å². The fourth-order valence-corrected chi connectivity index (χ4v) is 3.83. The second-order valence-corrected chi connectivity index (χ2v) is 9.50. The summed E-state index contributed by atoms with van der Waals surface area (Å²) in [5.74, 6) is -3.87. The fraction of sp³-hybridized carbons (Fsp3) is 0.480. The van der Waals surface area contributed by atoms with Crippen LogP contribution in [-0.2, 0) is 30.4 Å². The number of nitrogens with two attached hydrogens (primary N) is 2. The van der Waals surface area contributed by atoms with Crippen LogP contribution in [0, 0.1) is 5.92 Å². The number of aromatic amines is 1. The predicted octanol–water partition coefficient (Wildman–Crippen LogP) is -0.0918. The molecule has 0 aliphatic carbocycles. The van der Waals surface area contributed by atoms with Crippen LogP contribution < -0.4 is 27.4 Å².